The number of ether oxygens (including phenoxy) is 2. The lowest BCUT2D eigenvalue weighted by Crippen LogP contribution is -2.39. The van der Waals surface area contributed by atoms with Crippen LogP contribution in [0.2, 0.25) is 0 Å². The van der Waals surface area contributed by atoms with Crippen LogP contribution in [0.3, 0.4) is 0 Å². The summed E-state index contributed by atoms with van der Waals surface area (Å²) in [6.45, 7) is 1.51. The van der Waals surface area contributed by atoms with Gasteiger partial charge in [0.2, 0.25) is 0 Å². The number of hydrogen-bond donors (Lipinski definition) is 0. The molecule has 1 aliphatic rings. The van der Waals surface area contributed by atoms with Crippen molar-refractivity contribution in [2.45, 2.75) is 32.0 Å². The Kier molecular flexibility index (Phi) is 4.57. The minimum absolute atomic E-state index is 0.123. The number of esters is 2. The first-order valence-electron chi connectivity index (χ1n) is 6.62. The molecule has 2 atom stereocenters. The van der Waals surface area contributed by atoms with Crippen LogP contribution < -0.4 is 0 Å². The van der Waals surface area contributed by atoms with Gasteiger partial charge in [0.15, 0.2) is 6.10 Å². The molecule has 6 nitrogen and oxygen atoms in total. The molecule has 2 rings (SSSR count). The van der Waals surface area contributed by atoms with E-state index < -0.39 is 24.1 Å². The molecule has 6 heteroatoms. The van der Waals surface area contributed by atoms with Gasteiger partial charge in [-0.25, -0.2) is 4.79 Å². The summed E-state index contributed by atoms with van der Waals surface area (Å²) in [5.41, 5.74) is 0.892. The predicted molar refractivity (Wildman–Crippen MR) is 73.0 cm³/mol. The number of carbonyl (C=O) groups excluding carboxylic acids is 3. The van der Waals surface area contributed by atoms with Crippen LogP contribution in [-0.4, -0.2) is 42.0 Å². The third-order valence-electron chi connectivity index (χ3n) is 3.35. The van der Waals surface area contributed by atoms with Crippen LogP contribution in [0.25, 0.3) is 0 Å². The SMILES string of the molecule is COC(=O)[C@@H]1C[C@@H](OC(C)=O)C(=O)N1Cc1ccccc1. The van der Waals surface area contributed by atoms with Crippen molar-refractivity contribution in [2.75, 3.05) is 7.11 Å². The van der Waals surface area contributed by atoms with E-state index in [-0.39, 0.29) is 18.9 Å². The highest BCUT2D eigenvalue weighted by molar-refractivity contribution is 5.92. The molecule has 1 aromatic carbocycles. The zero-order chi connectivity index (χ0) is 15.4. The van der Waals surface area contributed by atoms with Gasteiger partial charge < -0.3 is 14.4 Å². The second-order valence-corrected chi connectivity index (χ2v) is 4.82. The first kappa shape index (κ1) is 15.0. The minimum atomic E-state index is -0.921. The number of benzene rings is 1. The lowest BCUT2D eigenvalue weighted by molar-refractivity contribution is -0.155. The Labute approximate surface area is 122 Å². The minimum Gasteiger partial charge on any atom is -0.467 e. The zero-order valence-electron chi connectivity index (χ0n) is 11.9. The molecule has 0 saturated carbocycles. The molecule has 21 heavy (non-hydrogen) atoms. The molecule has 1 aliphatic heterocycles. The van der Waals surface area contributed by atoms with Crippen LogP contribution in [0.1, 0.15) is 18.9 Å². The molecule has 112 valence electrons. The average molecular weight is 291 g/mol. The van der Waals surface area contributed by atoms with Crippen LogP contribution in [0.5, 0.6) is 0 Å². The highest BCUT2D eigenvalue weighted by Gasteiger charge is 2.45. The van der Waals surface area contributed by atoms with Gasteiger partial charge in [-0.2, -0.15) is 0 Å². The first-order valence-corrected chi connectivity index (χ1v) is 6.62. The highest BCUT2D eigenvalue weighted by atomic mass is 16.6. The number of carbonyl (C=O) groups is 3. The normalized spacial score (nSPS) is 21.2. The van der Waals surface area contributed by atoms with Gasteiger partial charge in [0.25, 0.3) is 5.91 Å². The van der Waals surface area contributed by atoms with Gasteiger partial charge in [0.05, 0.1) is 7.11 Å². The monoisotopic (exact) mass is 291 g/mol. The van der Waals surface area contributed by atoms with Crippen LogP contribution in [0, 0.1) is 0 Å². The van der Waals surface area contributed by atoms with Gasteiger partial charge in [0, 0.05) is 19.9 Å². The molecule has 0 aliphatic carbocycles. The third-order valence-corrected chi connectivity index (χ3v) is 3.35. The van der Waals surface area contributed by atoms with Crippen molar-refractivity contribution in [1.29, 1.82) is 0 Å². The van der Waals surface area contributed by atoms with Crippen molar-refractivity contribution in [3.63, 3.8) is 0 Å². The lowest BCUT2D eigenvalue weighted by atomic mass is 10.2. The molecule has 0 radical (unpaired) electrons. The van der Waals surface area contributed by atoms with Crippen molar-refractivity contribution in [1.82, 2.24) is 4.90 Å². The molecule has 1 amide bonds. The Morgan fingerprint density at radius 1 is 1.29 bits per heavy atom. The molecular formula is C15H17NO5. The average Bonchev–Trinajstić information content (AvgIpc) is 2.76. The van der Waals surface area contributed by atoms with Crippen molar-refractivity contribution >= 4 is 17.8 Å². The Hall–Kier alpha value is -2.37. The summed E-state index contributed by atoms with van der Waals surface area (Å²) in [5.74, 6) is -1.42. The van der Waals surface area contributed by atoms with Gasteiger partial charge in [-0.05, 0) is 5.56 Å². The standard InChI is InChI=1S/C15H17NO5/c1-10(17)21-13-8-12(15(19)20-2)16(14(13)18)9-11-6-4-3-5-7-11/h3-7,12-13H,8-9H2,1-2H3/t12-,13+/m0/s1. The fourth-order valence-electron chi connectivity index (χ4n) is 2.40. The van der Waals surface area contributed by atoms with Crippen molar-refractivity contribution in [2.24, 2.45) is 0 Å². The summed E-state index contributed by atoms with van der Waals surface area (Å²) in [4.78, 5) is 36.6. The van der Waals surface area contributed by atoms with Crippen LogP contribution in [-0.2, 0) is 30.4 Å². The van der Waals surface area contributed by atoms with E-state index in [1.807, 2.05) is 30.3 Å². The number of hydrogen-bond acceptors (Lipinski definition) is 5. The fraction of sp³-hybridized carbons (Fsp3) is 0.400. The third kappa shape index (κ3) is 3.39. The number of amides is 1. The van der Waals surface area contributed by atoms with E-state index in [1.54, 1.807) is 0 Å². The highest BCUT2D eigenvalue weighted by Crippen LogP contribution is 2.25. The van der Waals surface area contributed by atoms with E-state index in [9.17, 15) is 14.4 Å². The number of rotatable bonds is 4. The Morgan fingerprint density at radius 2 is 1.95 bits per heavy atom. The van der Waals surface area contributed by atoms with Gasteiger partial charge in [-0.1, -0.05) is 30.3 Å². The van der Waals surface area contributed by atoms with Crippen LogP contribution in [0.4, 0.5) is 0 Å². The van der Waals surface area contributed by atoms with Gasteiger partial charge in [-0.3, -0.25) is 9.59 Å². The molecule has 0 spiro atoms. The van der Waals surface area contributed by atoms with Gasteiger partial charge in [0.1, 0.15) is 6.04 Å². The Balaban J connectivity index is 2.19. The van der Waals surface area contributed by atoms with Crippen molar-refractivity contribution in [3.05, 3.63) is 35.9 Å². The second kappa shape index (κ2) is 6.39. The topological polar surface area (TPSA) is 72.9 Å². The quantitative estimate of drug-likeness (QED) is 0.770. The molecule has 1 saturated heterocycles. The maximum atomic E-state index is 12.3. The fourth-order valence-corrected chi connectivity index (χ4v) is 2.40. The van der Waals surface area contributed by atoms with Crippen LogP contribution >= 0.6 is 0 Å². The summed E-state index contributed by atoms with van der Waals surface area (Å²) < 4.78 is 9.71. The molecule has 0 N–H and O–H groups in total. The molecular weight excluding hydrogens is 274 g/mol. The summed E-state index contributed by atoms with van der Waals surface area (Å²) in [6.07, 6.45) is -0.798. The molecule has 1 heterocycles. The number of nitrogens with zero attached hydrogens (tertiary/aromatic N) is 1. The molecule has 1 fully saturated rings. The maximum absolute atomic E-state index is 12.3. The van der Waals surface area contributed by atoms with Crippen molar-refractivity contribution in [3.8, 4) is 0 Å². The maximum Gasteiger partial charge on any atom is 0.328 e. The summed E-state index contributed by atoms with van der Waals surface area (Å²) in [7, 11) is 1.27. The van der Waals surface area contributed by atoms with Crippen molar-refractivity contribution < 1.29 is 23.9 Å². The zero-order valence-corrected chi connectivity index (χ0v) is 11.9. The number of likely N-dealkylation sites (tertiary alicyclic amines) is 1. The van der Waals surface area contributed by atoms with E-state index in [0.29, 0.717) is 0 Å². The lowest BCUT2D eigenvalue weighted by Gasteiger charge is -2.22. The van der Waals surface area contributed by atoms with Gasteiger partial charge >= 0.3 is 11.9 Å². The van der Waals surface area contributed by atoms with E-state index in [0.717, 1.165) is 5.56 Å². The molecule has 0 bridgehead atoms. The van der Waals surface area contributed by atoms with E-state index in [4.69, 9.17) is 9.47 Å². The molecule has 1 aromatic rings. The largest absolute Gasteiger partial charge is 0.467 e. The molecule has 0 aromatic heterocycles. The Morgan fingerprint density at radius 3 is 2.52 bits per heavy atom. The number of methoxy groups -OCH3 is 1. The first-order chi connectivity index (χ1) is 10.0. The van der Waals surface area contributed by atoms with Gasteiger partial charge in [-0.15, -0.1) is 0 Å². The second-order valence-electron chi connectivity index (χ2n) is 4.82. The summed E-state index contributed by atoms with van der Waals surface area (Å²) >= 11 is 0. The van der Waals surface area contributed by atoms with E-state index in [1.165, 1.54) is 18.9 Å². The van der Waals surface area contributed by atoms with Crippen LogP contribution in [0.15, 0.2) is 30.3 Å². The predicted octanol–water partition coefficient (Wildman–Crippen LogP) is 0.892. The van der Waals surface area contributed by atoms with E-state index in [2.05, 4.69) is 0 Å². The summed E-state index contributed by atoms with van der Waals surface area (Å²) in [5, 5.41) is 0. The molecule has 0 unspecified atom stereocenters. The van der Waals surface area contributed by atoms with E-state index >= 15 is 0 Å². The Bertz CT molecular complexity index is 542. The smallest absolute Gasteiger partial charge is 0.328 e. The summed E-state index contributed by atoms with van der Waals surface area (Å²) in [6, 6.07) is 8.57.